The second-order valence-electron chi connectivity index (χ2n) is 3.47. The zero-order chi connectivity index (χ0) is 12.0. The molecule has 0 spiro atoms. The summed E-state index contributed by atoms with van der Waals surface area (Å²) in [5, 5.41) is 8.62. The van der Waals surface area contributed by atoms with Gasteiger partial charge in [-0.15, -0.1) is 0 Å². The number of anilines is 1. The van der Waals surface area contributed by atoms with Gasteiger partial charge in [-0.25, -0.2) is 5.10 Å². The molecular weight excluding hydrogens is 212 g/mol. The molecule has 0 saturated heterocycles. The number of nitrogens with one attached hydrogen (secondary N) is 2. The molecule has 0 bridgehead atoms. The first-order chi connectivity index (χ1) is 7.61. The number of H-pyrrole nitrogens is 1. The largest absolute Gasteiger partial charge is 0.469 e. The summed E-state index contributed by atoms with van der Waals surface area (Å²) in [5.74, 6) is -0.307. The normalized spacial score (nSPS) is 11.9. The maximum absolute atomic E-state index is 11.4. The van der Waals surface area contributed by atoms with Crippen LogP contribution in [0.1, 0.15) is 19.8 Å². The summed E-state index contributed by atoms with van der Waals surface area (Å²) in [5.41, 5.74) is 0. The molecule has 7 heteroatoms. The molecule has 16 heavy (non-hydrogen) atoms. The molecule has 1 heterocycles. The standard InChI is InChI=1S/C9H14N4O3/c1-6(4-8(15)16-2)3-7(14)12-9-10-5-11-13-9/h5-6H,3-4H2,1-2H3,(H2,10,11,12,13,14). The Kier molecular flexibility index (Phi) is 4.43. The summed E-state index contributed by atoms with van der Waals surface area (Å²) < 4.78 is 4.51. The summed E-state index contributed by atoms with van der Waals surface area (Å²) in [6.07, 6.45) is 1.75. The fourth-order valence-electron chi connectivity index (χ4n) is 1.21. The van der Waals surface area contributed by atoms with Crippen LogP contribution in [-0.2, 0) is 14.3 Å². The van der Waals surface area contributed by atoms with E-state index in [9.17, 15) is 9.59 Å². The van der Waals surface area contributed by atoms with Crippen LogP contribution in [0.3, 0.4) is 0 Å². The fourth-order valence-corrected chi connectivity index (χ4v) is 1.21. The van der Waals surface area contributed by atoms with Crippen molar-refractivity contribution in [2.45, 2.75) is 19.8 Å². The molecule has 0 saturated carbocycles. The molecule has 0 aliphatic carbocycles. The van der Waals surface area contributed by atoms with Crippen molar-refractivity contribution >= 4 is 17.8 Å². The molecule has 0 aromatic carbocycles. The zero-order valence-corrected chi connectivity index (χ0v) is 9.19. The number of ether oxygens (including phenoxy) is 1. The Morgan fingerprint density at radius 2 is 2.31 bits per heavy atom. The molecule has 1 aromatic heterocycles. The predicted molar refractivity (Wildman–Crippen MR) is 55.4 cm³/mol. The molecule has 1 unspecified atom stereocenters. The van der Waals surface area contributed by atoms with Crippen LogP contribution in [0.25, 0.3) is 0 Å². The first-order valence-electron chi connectivity index (χ1n) is 4.84. The van der Waals surface area contributed by atoms with E-state index in [-0.39, 0.29) is 30.6 Å². The molecule has 0 fully saturated rings. The van der Waals surface area contributed by atoms with Gasteiger partial charge in [-0.05, 0) is 5.92 Å². The lowest BCUT2D eigenvalue weighted by atomic mass is 10.0. The summed E-state index contributed by atoms with van der Waals surface area (Å²) in [6.45, 7) is 1.80. The lowest BCUT2D eigenvalue weighted by Crippen LogP contribution is -2.18. The molecule has 0 aliphatic rings. The average Bonchev–Trinajstić information content (AvgIpc) is 2.69. The molecule has 2 N–H and O–H groups in total. The topological polar surface area (TPSA) is 97.0 Å². The molecule has 88 valence electrons. The number of methoxy groups -OCH3 is 1. The third-order valence-corrected chi connectivity index (χ3v) is 1.95. The van der Waals surface area contributed by atoms with E-state index < -0.39 is 0 Å². The van der Waals surface area contributed by atoms with Crippen molar-refractivity contribution in [1.29, 1.82) is 0 Å². The first kappa shape index (κ1) is 12.2. The van der Waals surface area contributed by atoms with Crippen molar-refractivity contribution in [3.05, 3.63) is 6.33 Å². The molecular formula is C9H14N4O3. The van der Waals surface area contributed by atoms with Gasteiger partial charge in [0.05, 0.1) is 7.11 Å². The highest BCUT2D eigenvalue weighted by atomic mass is 16.5. The number of carbonyl (C=O) groups is 2. The van der Waals surface area contributed by atoms with Crippen LogP contribution in [0.5, 0.6) is 0 Å². The lowest BCUT2D eigenvalue weighted by Gasteiger charge is -2.08. The van der Waals surface area contributed by atoms with Crippen molar-refractivity contribution in [3.8, 4) is 0 Å². The van der Waals surface area contributed by atoms with E-state index in [0.29, 0.717) is 5.95 Å². The van der Waals surface area contributed by atoms with Gasteiger partial charge >= 0.3 is 5.97 Å². The van der Waals surface area contributed by atoms with Crippen LogP contribution in [0.15, 0.2) is 6.33 Å². The minimum absolute atomic E-state index is 0.0737. The molecule has 1 amide bonds. The molecule has 1 atom stereocenters. The number of rotatable bonds is 5. The Morgan fingerprint density at radius 1 is 1.56 bits per heavy atom. The van der Waals surface area contributed by atoms with E-state index in [0.717, 1.165) is 0 Å². The zero-order valence-electron chi connectivity index (χ0n) is 9.19. The van der Waals surface area contributed by atoms with Gasteiger partial charge in [0.25, 0.3) is 0 Å². The molecule has 0 radical (unpaired) electrons. The molecule has 7 nitrogen and oxygen atoms in total. The van der Waals surface area contributed by atoms with Crippen LogP contribution < -0.4 is 5.32 Å². The van der Waals surface area contributed by atoms with Crippen molar-refractivity contribution in [2.24, 2.45) is 5.92 Å². The van der Waals surface area contributed by atoms with Crippen LogP contribution in [0.2, 0.25) is 0 Å². The van der Waals surface area contributed by atoms with Gasteiger partial charge in [-0.1, -0.05) is 6.92 Å². The van der Waals surface area contributed by atoms with E-state index in [2.05, 4.69) is 25.2 Å². The number of amides is 1. The number of nitrogens with zero attached hydrogens (tertiary/aromatic N) is 2. The molecule has 1 aromatic rings. The van der Waals surface area contributed by atoms with Crippen molar-refractivity contribution in [1.82, 2.24) is 15.2 Å². The van der Waals surface area contributed by atoms with Crippen molar-refractivity contribution in [2.75, 3.05) is 12.4 Å². The van der Waals surface area contributed by atoms with Crippen molar-refractivity contribution in [3.63, 3.8) is 0 Å². The van der Waals surface area contributed by atoms with Gasteiger partial charge in [0, 0.05) is 12.8 Å². The third kappa shape index (κ3) is 4.07. The van der Waals surface area contributed by atoms with Gasteiger partial charge in [-0.3, -0.25) is 14.9 Å². The Hall–Kier alpha value is -1.92. The van der Waals surface area contributed by atoms with Gasteiger partial charge in [0.1, 0.15) is 6.33 Å². The summed E-state index contributed by atoms with van der Waals surface area (Å²) in [4.78, 5) is 26.1. The number of hydrogen-bond donors (Lipinski definition) is 2. The number of aromatic nitrogens is 3. The van der Waals surface area contributed by atoms with Crippen LogP contribution in [0.4, 0.5) is 5.95 Å². The Bertz CT molecular complexity index is 350. The van der Waals surface area contributed by atoms with Crippen LogP contribution in [0, 0.1) is 5.92 Å². The van der Waals surface area contributed by atoms with Crippen molar-refractivity contribution < 1.29 is 14.3 Å². The Balaban J connectivity index is 2.31. The van der Waals surface area contributed by atoms with Gasteiger partial charge in [-0.2, -0.15) is 10.1 Å². The maximum Gasteiger partial charge on any atom is 0.305 e. The predicted octanol–water partition coefficient (Wildman–Crippen LogP) is 0.332. The average molecular weight is 226 g/mol. The highest BCUT2D eigenvalue weighted by Gasteiger charge is 2.14. The Labute approximate surface area is 92.6 Å². The highest BCUT2D eigenvalue weighted by Crippen LogP contribution is 2.09. The summed E-state index contributed by atoms with van der Waals surface area (Å²) in [6, 6.07) is 0. The number of esters is 1. The molecule has 0 aliphatic heterocycles. The van der Waals surface area contributed by atoms with E-state index in [1.165, 1.54) is 13.4 Å². The third-order valence-electron chi connectivity index (χ3n) is 1.95. The van der Waals surface area contributed by atoms with Gasteiger partial charge in [0.15, 0.2) is 0 Å². The van der Waals surface area contributed by atoms with E-state index in [1.54, 1.807) is 6.92 Å². The minimum Gasteiger partial charge on any atom is -0.469 e. The van der Waals surface area contributed by atoms with Gasteiger partial charge in [0.2, 0.25) is 11.9 Å². The SMILES string of the molecule is COC(=O)CC(C)CC(=O)Nc1ncn[nH]1. The number of aromatic amines is 1. The quantitative estimate of drug-likeness (QED) is 0.705. The highest BCUT2D eigenvalue weighted by molar-refractivity contribution is 5.89. The molecule has 1 rings (SSSR count). The van der Waals surface area contributed by atoms with E-state index in [4.69, 9.17) is 0 Å². The minimum atomic E-state index is -0.319. The first-order valence-corrected chi connectivity index (χ1v) is 4.84. The monoisotopic (exact) mass is 226 g/mol. The smallest absolute Gasteiger partial charge is 0.305 e. The number of carbonyl (C=O) groups excluding carboxylic acids is 2. The number of hydrogen-bond acceptors (Lipinski definition) is 5. The van der Waals surface area contributed by atoms with Crippen LogP contribution >= 0.6 is 0 Å². The summed E-state index contributed by atoms with van der Waals surface area (Å²) in [7, 11) is 1.32. The second-order valence-corrected chi connectivity index (χ2v) is 3.47. The van der Waals surface area contributed by atoms with E-state index in [1.807, 2.05) is 0 Å². The van der Waals surface area contributed by atoms with Gasteiger partial charge < -0.3 is 4.74 Å². The second kappa shape index (κ2) is 5.84. The fraction of sp³-hybridized carbons (Fsp3) is 0.556. The Morgan fingerprint density at radius 3 is 2.88 bits per heavy atom. The van der Waals surface area contributed by atoms with Crippen LogP contribution in [-0.4, -0.2) is 34.2 Å². The lowest BCUT2D eigenvalue weighted by molar-refractivity contribution is -0.141. The van der Waals surface area contributed by atoms with E-state index >= 15 is 0 Å². The maximum atomic E-state index is 11.4. The summed E-state index contributed by atoms with van der Waals surface area (Å²) >= 11 is 0.